The Labute approximate surface area is 200 Å². The molecule has 2 aromatic heterocycles. The first-order chi connectivity index (χ1) is 16.4. The minimum absolute atomic E-state index is 0.0240. The van der Waals surface area contributed by atoms with Crippen molar-refractivity contribution in [1.82, 2.24) is 14.9 Å². The Kier molecular flexibility index (Phi) is 5.54. The van der Waals surface area contributed by atoms with E-state index in [-0.39, 0.29) is 23.6 Å². The van der Waals surface area contributed by atoms with Gasteiger partial charge in [0, 0.05) is 41.6 Å². The second-order valence-corrected chi connectivity index (χ2v) is 8.39. The second-order valence-electron chi connectivity index (χ2n) is 8.01. The molecule has 1 N–H and O–H groups in total. The number of non-ortho nitro benzene ring substituents is 1. The number of benzene rings is 2. The monoisotopic (exact) mass is 473 g/mol. The fourth-order valence-electron chi connectivity index (χ4n) is 4.32. The maximum atomic E-state index is 14.0. The lowest BCUT2D eigenvalue weighted by Gasteiger charge is -2.29. The molecule has 5 rings (SSSR count). The molecule has 1 saturated heterocycles. The number of nitro groups is 1. The summed E-state index contributed by atoms with van der Waals surface area (Å²) >= 11 is 5.74. The number of hydrogen-bond donors (Lipinski definition) is 1. The zero-order valence-electron chi connectivity index (χ0n) is 18.1. The van der Waals surface area contributed by atoms with Crippen molar-refractivity contribution in [3.8, 4) is 5.69 Å². The molecule has 2 aromatic carbocycles. The molecule has 1 fully saturated rings. The number of pyridine rings is 1. The standard InChI is InChI=1S/C25H20FN5O2S/c1-16-15-19(11-12-20(16)26)30-24(23(28-25(30)34)21-5-2-3-13-27-21)22-6-4-14-29(22)17-7-9-18(10-8-17)31(32)33/h2-15,23-24H,1H3,(H,28,34)/t23-,24-/m0/s1. The summed E-state index contributed by atoms with van der Waals surface area (Å²) in [6.45, 7) is 1.72. The molecule has 34 heavy (non-hydrogen) atoms. The maximum absolute atomic E-state index is 14.0. The lowest BCUT2D eigenvalue weighted by Crippen LogP contribution is -2.30. The van der Waals surface area contributed by atoms with E-state index in [1.165, 1.54) is 18.2 Å². The third-order valence-electron chi connectivity index (χ3n) is 5.94. The van der Waals surface area contributed by atoms with Gasteiger partial charge in [0.05, 0.1) is 16.7 Å². The number of nitrogens with zero attached hydrogens (tertiary/aromatic N) is 4. The Hall–Kier alpha value is -4.11. The number of thiocarbonyl (C=S) groups is 1. The lowest BCUT2D eigenvalue weighted by molar-refractivity contribution is -0.384. The summed E-state index contributed by atoms with van der Waals surface area (Å²) in [6.07, 6.45) is 3.64. The Balaban J connectivity index is 1.65. The van der Waals surface area contributed by atoms with Gasteiger partial charge in [0.2, 0.25) is 0 Å². The van der Waals surface area contributed by atoms with Crippen LogP contribution in [0, 0.1) is 22.9 Å². The molecule has 4 aromatic rings. The van der Waals surface area contributed by atoms with E-state index in [0.29, 0.717) is 10.7 Å². The SMILES string of the molecule is Cc1cc(N2C(=S)N[C@@H](c3ccccn3)[C@@H]2c2cccn2-c2ccc([N+](=O)[O-])cc2)ccc1F. The Morgan fingerprint density at radius 1 is 1.06 bits per heavy atom. The molecule has 0 aliphatic carbocycles. The molecule has 170 valence electrons. The maximum Gasteiger partial charge on any atom is 0.269 e. The van der Waals surface area contributed by atoms with Crippen molar-refractivity contribution in [2.45, 2.75) is 19.0 Å². The second kappa shape index (κ2) is 8.68. The Bertz CT molecular complexity index is 1370. The van der Waals surface area contributed by atoms with Crippen molar-refractivity contribution in [2.24, 2.45) is 0 Å². The number of anilines is 1. The van der Waals surface area contributed by atoms with Gasteiger partial charge >= 0.3 is 0 Å². The van der Waals surface area contributed by atoms with Crippen molar-refractivity contribution in [1.29, 1.82) is 0 Å². The zero-order chi connectivity index (χ0) is 23.8. The first-order valence-corrected chi connectivity index (χ1v) is 11.0. The molecule has 0 amide bonds. The molecule has 1 aliphatic rings. The molecule has 0 radical (unpaired) electrons. The molecule has 0 saturated carbocycles. The fourth-order valence-corrected chi connectivity index (χ4v) is 4.66. The molecular weight excluding hydrogens is 453 g/mol. The Morgan fingerprint density at radius 3 is 2.50 bits per heavy atom. The van der Waals surface area contributed by atoms with Crippen molar-refractivity contribution in [3.05, 3.63) is 118 Å². The lowest BCUT2D eigenvalue weighted by atomic mass is 10.0. The third kappa shape index (κ3) is 3.80. The summed E-state index contributed by atoms with van der Waals surface area (Å²) in [5.74, 6) is -0.283. The van der Waals surface area contributed by atoms with Gasteiger partial charge in [0.1, 0.15) is 11.9 Å². The number of aryl methyl sites for hydroxylation is 1. The number of aromatic nitrogens is 2. The molecule has 3 heterocycles. The number of halogens is 1. The minimum atomic E-state index is -0.421. The molecule has 0 bridgehead atoms. The normalized spacial score (nSPS) is 17.6. The van der Waals surface area contributed by atoms with Gasteiger partial charge in [0.15, 0.2) is 5.11 Å². The average molecular weight is 474 g/mol. The highest BCUT2D eigenvalue weighted by Gasteiger charge is 2.42. The van der Waals surface area contributed by atoms with Crippen LogP contribution in [0.2, 0.25) is 0 Å². The van der Waals surface area contributed by atoms with Crippen LogP contribution in [0.15, 0.2) is 85.2 Å². The van der Waals surface area contributed by atoms with Crippen molar-refractivity contribution in [3.63, 3.8) is 0 Å². The smallest absolute Gasteiger partial charge is 0.269 e. The number of nitro benzene ring substituents is 1. The summed E-state index contributed by atoms with van der Waals surface area (Å²) in [4.78, 5) is 17.2. The highest BCUT2D eigenvalue weighted by atomic mass is 32.1. The number of nitrogens with one attached hydrogen (secondary N) is 1. The summed E-state index contributed by atoms with van der Waals surface area (Å²) in [6, 6.07) is 20.3. The fraction of sp³-hybridized carbons (Fsp3) is 0.120. The van der Waals surface area contributed by atoms with Crippen LogP contribution in [-0.2, 0) is 0 Å². The first-order valence-electron chi connectivity index (χ1n) is 10.6. The molecule has 0 spiro atoms. The third-order valence-corrected chi connectivity index (χ3v) is 6.25. The van der Waals surface area contributed by atoms with E-state index in [4.69, 9.17) is 12.2 Å². The van der Waals surface area contributed by atoms with Crippen LogP contribution in [0.5, 0.6) is 0 Å². The molecular formula is C25H20FN5O2S. The van der Waals surface area contributed by atoms with Crippen LogP contribution in [0.25, 0.3) is 5.69 Å². The molecule has 7 nitrogen and oxygen atoms in total. The highest BCUT2D eigenvalue weighted by Crippen LogP contribution is 2.42. The van der Waals surface area contributed by atoms with Gasteiger partial charge in [-0.15, -0.1) is 0 Å². The van der Waals surface area contributed by atoms with Crippen molar-refractivity contribution in [2.75, 3.05) is 4.90 Å². The molecule has 2 atom stereocenters. The summed E-state index contributed by atoms with van der Waals surface area (Å²) in [5.41, 5.74) is 3.79. The van der Waals surface area contributed by atoms with Gasteiger partial charge in [-0.1, -0.05) is 6.07 Å². The van der Waals surface area contributed by atoms with Gasteiger partial charge in [-0.05, 0) is 79.3 Å². The number of rotatable bonds is 5. The minimum Gasteiger partial charge on any atom is -0.351 e. The van der Waals surface area contributed by atoms with Crippen LogP contribution in [-0.4, -0.2) is 19.6 Å². The zero-order valence-corrected chi connectivity index (χ0v) is 18.9. The van der Waals surface area contributed by atoms with Crippen LogP contribution in [0.1, 0.15) is 29.0 Å². The van der Waals surface area contributed by atoms with E-state index in [9.17, 15) is 14.5 Å². The predicted molar refractivity (Wildman–Crippen MR) is 131 cm³/mol. The highest BCUT2D eigenvalue weighted by molar-refractivity contribution is 7.80. The van der Waals surface area contributed by atoms with Crippen LogP contribution >= 0.6 is 12.2 Å². The summed E-state index contributed by atoms with van der Waals surface area (Å²) in [5, 5.41) is 15.0. The average Bonchev–Trinajstić information content (AvgIpc) is 3.46. The Morgan fingerprint density at radius 2 is 1.82 bits per heavy atom. The first kappa shape index (κ1) is 21.7. The number of hydrogen-bond acceptors (Lipinski definition) is 4. The van der Waals surface area contributed by atoms with E-state index < -0.39 is 4.92 Å². The van der Waals surface area contributed by atoms with Gasteiger partial charge in [0.25, 0.3) is 5.69 Å². The summed E-state index contributed by atoms with van der Waals surface area (Å²) in [7, 11) is 0. The largest absolute Gasteiger partial charge is 0.351 e. The molecule has 0 unspecified atom stereocenters. The van der Waals surface area contributed by atoms with Gasteiger partial charge in [-0.2, -0.15) is 0 Å². The quantitative estimate of drug-likeness (QED) is 0.237. The van der Waals surface area contributed by atoms with Crippen molar-refractivity contribution >= 4 is 28.7 Å². The topological polar surface area (TPSA) is 76.2 Å². The van der Waals surface area contributed by atoms with E-state index in [1.54, 1.807) is 37.4 Å². The van der Waals surface area contributed by atoms with E-state index >= 15 is 0 Å². The van der Waals surface area contributed by atoms with Crippen molar-refractivity contribution < 1.29 is 9.31 Å². The van der Waals surface area contributed by atoms with E-state index in [0.717, 1.165) is 22.8 Å². The molecule has 9 heteroatoms. The molecule has 1 aliphatic heterocycles. The van der Waals surface area contributed by atoms with Gasteiger partial charge in [-0.25, -0.2) is 4.39 Å². The summed E-state index contributed by atoms with van der Waals surface area (Å²) < 4.78 is 16.0. The predicted octanol–water partition coefficient (Wildman–Crippen LogP) is 5.41. The van der Waals surface area contributed by atoms with E-state index in [1.807, 2.05) is 46.0 Å². The van der Waals surface area contributed by atoms with Crippen LogP contribution in [0.3, 0.4) is 0 Å². The van der Waals surface area contributed by atoms with Gasteiger partial charge < -0.3 is 14.8 Å². The van der Waals surface area contributed by atoms with Crippen LogP contribution in [0.4, 0.5) is 15.8 Å². The van der Waals surface area contributed by atoms with Gasteiger partial charge in [-0.3, -0.25) is 15.1 Å². The van der Waals surface area contributed by atoms with Crippen LogP contribution < -0.4 is 10.2 Å². The van der Waals surface area contributed by atoms with E-state index in [2.05, 4.69) is 10.3 Å².